The molecule has 0 unspecified atom stereocenters. The second-order valence-corrected chi connectivity index (χ2v) is 18.3. The van der Waals surface area contributed by atoms with Crippen molar-refractivity contribution in [1.29, 1.82) is 0 Å². The predicted octanol–water partition coefficient (Wildman–Crippen LogP) is 6.02. The van der Waals surface area contributed by atoms with Gasteiger partial charge in [0, 0.05) is 37.3 Å². The van der Waals surface area contributed by atoms with Crippen LogP contribution in [0.4, 0.5) is 14.9 Å². The number of carbonyl (C=O) groups is 1. The van der Waals surface area contributed by atoms with Crippen molar-refractivity contribution < 1.29 is 27.1 Å². The summed E-state index contributed by atoms with van der Waals surface area (Å²) in [5.74, 6) is 0.316. The monoisotopic (exact) mass is 724 g/mol. The minimum atomic E-state index is -3.29. The van der Waals surface area contributed by atoms with Crippen LogP contribution in [0.15, 0.2) is 53.4 Å². The van der Waals surface area contributed by atoms with Gasteiger partial charge in [-0.25, -0.2) is 17.6 Å². The average molecular weight is 725 g/mol. The van der Waals surface area contributed by atoms with Crippen molar-refractivity contribution in [3.63, 3.8) is 0 Å². The molecule has 2 aromatic carbocycles. The van der Waals surface area contributed by atoms with Gasteiger partial charge in [-0.15, -0.1) is 0 Å². The molecule has 9 nitrogen and oxygen atoms in total. The zero-order chi connectivity index (χ0) is 35.6. The molecule has 0 bridgehead atoms. The average Bonchev–Trinajstić information content (AvgIpc) is 3.58. The van der Waals surface area contributed by atoms with Gasteiger partial charge in [0.1, 0.15) is 11.4 Å². The van der Waals surface area contributed by atoms with Gasteiger partial charge in [-0.1, -0.05) is 37.8 Å². The van der Waals surface area contributed by atoms with Crippen LogP contribution in [0, 0.1) is 17.7 Å². The van der Waals surface area contributed by atoms with Crippen molar-refractivity contribution in [2.45, 2.75) is 97.8 Å². The Morgan fingerprint density at radius 3 is 2.24 bits per heavy atom. The molecule has 3 saturated heterocycles. The number of benzene rings is 2. The van der Waals surface area contributed by atoms with Crippen LogP contribution < -0.4 is 10.2 Å². The Morgan fingerprint density at radius 2 is 1.61 bits per heavy atom. The Balaban J connectivity index is 1.04. The number of halogens is 1. The lowest BCUT2D eigenvalue weighted by Crippen LogP contribution is -2.68. The highest BCUT2D eigenvalue weighted by Gasteiger charge is 2.54. The van der Waals surface area contributed by atoms with E-state index in [-0.39, 0.29) is 34.0 Å². The summed E-state index contributed by atoms with van der Waals surface area (Å²) >= 11 is 0. The molecule has 5 fully saturated rings. The van der Waals surface area contributed by atoms with Gasteiger partial charge in [-0.05, 0) is 125 Å². The fraction of sp³-hybridized carbons (Fsp3) is 0.675. The standard InChI is InChI=1S/C40H57FN4O5S/c1-49-38(46)42-37-14-7-13-36(37)40(29-43-21-8-22-43,31-9-6-10-32(41)25-31)30-19-23-44(24-20-30)26-39(50-2)27-45(28-39)33-15-17-35(18-16-33)51(47,48)34-11-4-3-5-12-34/h6,9-10,15-18,25,30,34,36-37H,3-5,7-8,11-14,19-24,26-29H2,1-2H3,(H,42,46)/t36-,37-,40-/m0/s1. The van der Waals surface area contributed by atoms with Crippen LogP contribution in [0.2, 0.25) is 0 Å². The Bertz CT molecular complexity index is 1600. The van der Waals surface area contributed by atoms with E-state index in [4.69, 9.17) is 9.47 Å². The molecule has 1 amide bonds. The van der Waals surface area contributed by atoms with Gasteiger partial charge < -0.3 is 29.5 Å². The van der Waals surface area contributed by atoms with E-state index in [1.165, 1.54) is 13.5 Å². The molecule has 0 radical (unpaired) electrons. The molecular formula is C40H57FN4O5S. The number of ether oxygens (including phenoxy) is 2. The van der Waals surface area contributed by atoms with Crippen molar-refractivity contribution in [3.05, 3.63) is 59.9 Å². The fourth-order valence-electron chi connectivity index (χ4n) is 10.3. The summed E-state index contributed by atoms with van der Waals surface area (Å²) in [5, 5.41) is 2.93. The van der Waals surface area contributed by atoms with E-state index in [0.717, 1.165) is 128 Å². The van der Waals surface area contributed by atoms with Crippen molar-refractivity contribution in [2.75, 3.05) is 71.5 Å². The molecule has 2 saturated carbocycles. The van der Waals surface area contributed by atoms with E-state index >= 15 is 4.39 Å². The second-order valence-electron chi connectivity index (χ2n) is 16.1. The zero-order valence-corrected chi connectivity index (χ0v) is 31.3. The number of hydrogen-bond donors (Lipinski definition) is 1. The first-order chi connectivity index (χ1) is 24.7. The van der Waals surface area contributed by atoms with Gasteiger partial charge in [0.15, 0.2) is 9.84 Å². The zero-order valence-electron chi connectivity index (χ0n) is 30.5. The maximum Gasteiger partial charge on any atom is 0.407 e. The van der Waals surface area contributed by atoms with Crippen LogP contribution in [0.25, 0.3) is 0 Å². The summed E-state index contributed by atoms with van der Waals surface area (Å²) in [4.78, 5) is 20.3. The third-order valence-electron chi connectivity index (χ3n) is 13.2. The first-order valence-corrected chi connectivity index (χ1v) is 20.9. The van der Waals surface area contributed by atoms with Crippen LogP contribution in [0.3, 0.4) is 0 Å². The molecule has 51 heavy (non-hydrogen) atoms. The smallest absolute Gasteiger partial charge is 0.407 e. The number of sulfone groups is 1. The third kappa shape index (κ3) is 7.42. The molecule has 0 aromatic heterocycles. The Hall–Kier alpha value is -2.73. The Morgan fingerprint density at radius 1 is 0.882 bits per heavy atom. The van der Waals surface area contributed by atoms with E-state index < -0.39 is 15.9 Å². The quantitative estimate of drug-likeness (QED) is 0.285. The van der Waals surface area contributed by atoms with Gasteiger partial charge in [-0.2, -0.15) is 0 Å². The molecule has 3 heterocycles. The number of likely N-dealkylation sites (tertiary alicyclic amines) is 2. The number of alkyl carbamates (subject to hydrolysis) is 1. The normalized spacial score (nSPS) is 26.2. The van der Waals surface area contributed by atoms with Crippen LogP contribution >= 0.6 is 0 Å². The van der Waals surface area contributed by atoms with Gasteiger partial charge in [-0.3, -0.25) is 0 Å². The number of anilines is 1. The largest absolute Gasteiger partial charge is 0.453 e. The number of carbonyl (C=O) groups excluding carboxylic acids is 1. The van der Waals surface area contributed by atoms with Gasteiger partial charge in [0.05, 0.1) is 30.3 Å². The number of hydrogen-bond acceptors (Lipinski definition) is 8. The van der Waals surface area contributed by atoms with Gasteiger partial charge >= 0.3 is 6.09 Å². The summed E-state index contributed by atoms with van der Waals surface area (Å²) in [6.45, 7) is 7.20. The maximum atomic E-state index is 15.0. The van der Waals surface area contributed by atoms with E-state index in [1.54, 1.807) is 31.4 Å². The van der Waals surface area contributed by atoms with Gasteiger partial charge in [0.2, 0.25) is 0 Å². The van der Waals surface area contributed by atoms with E-state index in [1.807, 2.05) is 18.2 Å². The van der Waals surface area contributed by atoms with Crippen molar-refractivity contribution >= 4 is 21.6 Å². The van der Waals surface area contributed by atoms with E-state index in [9.17, 15) is 13.2 Å². The molecule has 5 aliphatic rings. The van der Waals surface area contributed by atoms with Crippen LogP contribution in [-0.2, 0) is 24.7 Å². The molecule has 0 spiro atoms. The van der Waals surface area contributed by atoms with E-state index in [0.29, 0.717) is 10.8 Å². The Labute approximate surface area is 304 Å². The second kappa shape index (κ2) is 15.3. The summed E-state index contributed by atoms with van der Waals surface area (Å²) in [7, 11) is -0.0640. The third-order valence-corrected chi connectivity index (χ3v) is 15.5. The SMILES string of the molecule is COC(=O)N[C@H]1CCC[C@@H]1[C@](CN1CCC1)(c1cccc(F)c1)C1CCN(CC2(OC)CN(c3ccc(S(=O)(=O)C4CCCCC4)cc3)C2)CC1. The molecule has 2 aliphatic carbocycles. The molecule has 2 aromatic rings. The van der Waals surface area contributed by atoms with E-state index in [2.05, 4.69) is 26.1 Å². The molecule has 7 rings (SSSR count). The summed E-state index contributed by atoms with van der Waals surface area (Å²) in [6, 6.07) is 14.8. The molecule has 3 aliphatic heterocycles. The highest BCUT2D eigenvalue weighted by molar-refractivity contribution is 7.92. The van der Waals surface area contributed by atoms with Crippen molar-refractivity contribution in [2.24, 2.45) is 11.8 Å². The minimum absolute atomic E-state index is 0.0147. The highest BCUT2D eigenvalue weighted by Crippen LogP contribution is 2.51. The number of nitrogens with zero attached hydrogens (tertiary/aromatic N) is 3. The van der Waals surface area contributed by atoms with Crippen molar-refractivity contribution in [1.82, 2.24) is 15.1 Å². The minimum Gasteiger partial charge on any atom is -0.453 e. The molecule has 3 atom stereocenters. The number of piperidine rings is 1. The highest BCUT2D eigenvalue weighted by atomic mass is 32.2. The predicted molar refractivity (Wildman–Crippen MR) is 197 cm³/mol. The first-order valence-electron chi connectivity index (χ1n) is 19.4. The number of amides is 1. The lowest BCUT2D eigenvalue weighted by Gasteiger charge is -2.55. The van der Waals surface area contributed by atoms with Crippen LogP contribution in [-0.4, -0.2) is 108 Å². The number of nitrogens with one attached hydrogen (secondary N) is 1. The maximum absolute atomic E-state index is 15.0. The topological polar surface area (TPSA) is 91.4 Å². The first kappa shape index (κ1) is 36.6. The Kier molecular flexibility index (Phi) is 11.0. The lowest BCUT2D eigenvalue weighted by molar-refractivity contribution is -0.0657. The van der Waals surface area contributed by atoms with Crippen LogP contribution in [0.1, 0.15) is 76.2 Å². The molecule has 280 valence electrons. The molecule has 11 heteroatoms. The summed E-state index contributed by atoms with van der Waals surface area (Å²) in [5.41, 5.74) is 1.51. The summed E-state index contributed by atoms with van der Waals surface area (Å²) in [6.07, 6.45) is 10.4. The lowest BCUT2D eigenvalue weighted by atomic mass is 9.57. The molecule has 1 N–H and O–H groups in total. The van der Waals surface area contributed by atoms with Crippen molar-refractivity contribution in [3.8, 4) is 0 Å². The number of rotatable bonds is 12. The number of methoxy groups -OCH3 is 2. The van der Waals surface area contributed by atoms with Gasteiger partial charge in [0.25, 0.3) is 0 Å². The fourth-order valence-corrected chi connectivity index (χ4v) is 12.1. The summed E-state index contributed by atoms with van der Waals surface area (Å²) < 4.78 is 52.8. The molecular weight excluding hydrogens is 668 g/mol. The van der Waals surface area contributed by atoms with Crippen LogP contribution in [0.5, 0.6) is 0 Å².